The van der Waals surface area contributed by atoms with Crippen LogP contribution < -0.4 is 0 Å². The molecule has 0 atom stereocenters. The van der Waals surface area contributed by atoms with Crippen LogP contribution in [-0.2, 0) is 6.18 Å². The molecule has 20 heavy (non-hydrogen) atoms. The number of alkyl halides is 3. The van der Waals surface area contributed by atoms with Gasteiger partial charge in [0.05, 0.1) is 5.56 Å². The van der Waals surface area contributed by atoms with Gasteiger partial charge in [0.1, 0.15) is 0 Å². The van der Waals surface area contributed by atoms with E-state index in [1.807, 2.05) is 0 Å². The van der Waals surface area contributed by atoms with Crippen LogP contribution in [0.4, 0.5) is 13.2 Å². The van der Waals surface area contributed by atoms with E-state index < -0.39 is 17.0 Å². The molecular formula is C15H10ClF3O. The summed E-state index contributed by atoms with van der Waals surface area (Å²) in [4.78, 5) is 11.4. The Morgan fingerprint density at radius 2 is 1.65 bits per heavy atom. The molecule has 1 nitrogen and oxygen atoms in total. The molecule has 0 aromatic heterocycles. The smallest absolute Gasteiger partial charge is 0.276 e. The van der Waals surface area contributed by atoms with E-state index in [0.717, 1.165) is 17.7 Å². The van der Waals surface area contributed by atoms with E-state index in [4.69, 9.17) is 11.6 Å². The fourth-order valence-corrected chi connectivity index (χ4v) is 2.07. The van der Waals surface area contributed by atoms with Gasteiger partial charge in [-0.25, -0.2) is 0 Å². The highest BCUT2D eigenvalue weighted by molar-refractivity contribution is 6.68. The zero-order chi connectivity index (χ0) is 14.9. The van der Waals surface area contributed by atoms with Gasteiger partial charge < -0.3 is 0 Å². The number of carbonyl (C=O) groups is 1. The average molecular weight is 299 g/mol. The van der Waals surface area contributed by atoms with Crippen molar-refractivity contribution >= 4 is 16.8 Å². The van der Waals surface area contributed by atoms with Crippen molar-refractivity contribution in [1.82, 2.24) is 0 Å². The van der Waals surface area contributed by atoms with Crippen LogP contribution >= 0.6 is 11.6 Å². The highest BCUT2D eigenvalue weighted by Crippen LogP contribution is 2.32. The minimum atomic E-state index is -4.38. The fourth-order valence-electron chi connectivity index (χ4n) is 1.91. The minimum Gasteiger partial charge on any atom is -0.276 e. The first-order chi connectivity index (χ1) is 9.29. The average Bonchev–Trinajstić information content (AvgIpc) is 2.37. The van der Waals surface area contributed by atoms with Crippen LogP contribution in [0.3, 0.4) is 0 Å². The van der Waals surface area contributed by atoms with Crippen molar-refractivity contribution in [2.75, 3.05) is 0 Å². The molecule has 0 aliphatic carbocycles. The standard InChI is InChI=1S/C15H10ClF3O/c1-9-2-7-12(13(8-9)14(16)20)10-3-5-11(6-4-10)15(17,18)19/h2-8H,1H3. The first-order valence-electron chi connectivity index (χ1n) is 5.77. The van der Waals surface area contributed by atoms with Gasteiger partial charge >= 0.3 is 6.18 Å². The molecule has 0 N–H and O–H groups in total. The number of halogens is 4. The van der Waals surface area contributed by atoms with Crippen LogP contribution in [0.25, 0.3) is 11.1 Å². The Balaban J connectivity index is 2.50. The Morgan fingerprint density at radius 1 is 1.05 bits per heavy atom. The molecule has 2 rings (SSSR count). The second-order valence-electron chi connectivity index (χ2n) is 4.40. The molecule has 0 aliphatic heterocycles. The largest absolute Gasteiger partial charge is 0.416 e. The second kappa shape index (κ2) is 5.29. The normalized spacial score (nSPS) is 11.4. The summed E-state index contributed by atoms with van der Waals surface area (Å²) < 4.78 is 37.5. The Morgan fingerprint density at radius 3 is 2.15 bits per heavy atom. The zero-order valence-electron chi connectivity index (χ0n) is 10.5. The van der Waals surface area contributed by atoms with E-state index in [-0.39, 0.29) is 5.56 Å². The van der Waals surface area contributed by atoms with E-state index >= 15 is 0 Å². The van der Waals surface area contributed by atoms with E-state index in [1.54, 1.807) is 25.1 Å². The minimum absolute atomic E-state index is 0.284. The third-order valence-corrected chi connectivity index (χ3v) is 3.11. The lowest BCUT2D eigenvalue weighted by Crippen LogP contribution is -2.04. The lowest BCUT2D eigenvalue weighted by atomic mass is 9.97. The Labute approximate surface area is 119 Å². The molecule has 5 heteroatoms. The molecule has 0 heterocycles. The van der Waals surface area contributed by atoms with Gasteiger partial charge in [0.15, 0.2) is 0 Å². The molecule has 0 bridgehead atoms. The maximum atomic E-state index is 12.5. The third kappa shape index (κ3) is 3.02. The quantitative estimate of drug-likeness (QED) is 0.708. The predicted octanol–water partition coefficient (Wildman–Crippen LogP) is 5.06. The van der Waals surface area contributed by atoms with Crippen LogP contribution in [-0.4, -0.2) is 5.24 Å². The van der Waals surface area contributed by atoms with Crippen LogP contribution in [0.5, 0.6) is 0 Å². The summed E-state index contributed by atoms with van der Waals surface area (Å²) in [5, 5.41) is -0.636. The van der Waals surface area contributed by atoms with E-state index in [2.05, 4.69) is 0 Å². The molecule has 2 aromatic carbocycles. The topological polar surface area (TPSA) is 17.1 Å². The summed E-state index contributed by atoms with van der Waals surface area (Å²) in [6.07, 6.45) is -4.38. The van der Waals surface area contributed by atoms with E-state index in [1.165, 1.54) is 12.1 Å². The molecule has 0 saturated heterocycles. The summed E-state index contributed by atoms with van der Waals surface area (Å²) in [6, 6.07) is 9.69. The Bertz CT molecular complexity index is 645. The molecule has 2 aromatic rings. The zero-order valence-corrected chi connectivity index (χ0v) is 11.2. The Hall–Kier alpha value is -1.81. The van der Waals surface area contributed by atoms with Crippen molar-refractivity contribution in [3.8, 4) is 11.1 Å². The summed E-state index contributed by atoms with van der Waals surface area (Å²) in [6.45, 7) is 1.81. The van der Waals surface area contributed by atoms with Gasteiger partial charge in [0.25, 0.3) is 5.24 Å². The van der Waals surface area contributed by atoms with Crippen LogP contribution in [0.1, 0.15) is 21.5 Å². The van der Waals surface area contributed by atoms with Crippen molar-refractivity contribution in [2.45, 2.75) is 13.1 Å². The lowest BCUT2D eigenvalue weighted by molar-refractivity contribution is -0.137. The number of benzene rings is 2. The molecule has 0 saturated carbocycles. The van der Waals surface area contributed by atoms with Crippen LogP contribution in [0.15, 0.2) is 42.5 Å². The van der Waals surface area contributed by atoms with Crippen molar-refractivity contribution in [1.29, 1.82) is 0 Å². The van der Waals surface area contributed by atoms with Crippen molar-refractivity contribution in [3.63, 3.8) is 0 Å². The molecule has 0 unspecified atom stereocenters. The molecule has 0 spiro atoms. The predicted molar refractivity (Wildman–Crippen MR) is 71.8 cm³/mol. The van der Waals surface area contributed by atoms with Gasteiger partial charge in [-0.3, -0.25) is 4.79 Å². The third-order valence-electron chi connectivity index (χ3n) is 2.91. The van der Waals surface area contributed by atoms with Gasteiger partial charge in [-0.2, -0.15) is 13.2 Å². The highest BCUT2D eigenvalue weighted by atomic mass is 35.5. The SMILES string of the molecule is Cc1ccc(-c2ccc(C(F)(F)F)cc2)c(C(=O)Cl)c1. The van der Waals surface area contributed by atoms with Crippen LogP contribution in [0, 0.1) is 6.92 Å². The molecule has 0 amide bonds. The van der Waals surface area contributed by atoms with E-state index in [9.17, 15) is 18.0 Å². The maximum Gasteiger partial charge on any atom is 0.416 e. The highest BCUT2D eigenvalue weighted by Gasteiger charge is 2.30. The summed E-state index contributed by atoms with van der Waals surface area (Å²) in [5.74, 6) is 0. The molecule has 0 radical (unpaired) electrons. The molecule has 104 valence electrons. The summed E-state index contributed by atoms with van der Waals surface area (Å²) >= 11 is 5.52. The number of hydrogen-bond donors (Lipinski definition) is 0. The maximum absolute atomic E-state index is 12.5. The van der Waals surface area contributed by atoms with Gasteiger partial charge in [-0.05, 0) is 47.9 Å². The molecular weight excluding hydrogens is 289 g/mol. The van der Waals surface area contributed by atoms with Crippen molar-refractivity contribution in [2.24, 2.45) is 0 Å². The first kappa shape index (κ1) is 14.6. The fraction of sp³-hybridized carbons (Fsp3) is 0.133. The Kier molecular flexibility index (Phi) is 3.86. The molecule has 0 fully saturated rings. The monoisotopic (exact) mass is 298 g/mol. The van der Waals surface area contributed by atoms with Gasteiger partial charge in [-0.1, -0.05) is 29.8 Å². The van der Waals surface area contributed by atoms with Gasteiger partial charge in [-0.15, -0.1) is 0 Å². The van der Waals surface area contributed by atoms with Crippen molar-refractivity contribution < 1.29 is 18.0 Å². The van der Waals surface area contributed by atoms with Crippen molar-refractivity contribution in [3.05, 3.63) is 59.2 Å². The van der Waals surface area contributed by atoms with Gasteiger partial charge in [0.2, 0.25) is 0 Å². The number of rotatable bonds is 2. The number of aryl methyl sites for hydroxylation is 1. The first-order valence-corrected chi connectivity index (χ1v) is 6.15. The summed E-state index contributed by atoms with van der Waals surface area (Å²) in [5.41, 5.74) is 1.44. The molecule has 0 aliphatic rings. The lowest BCUT2D eigenvalue weighted by Gasteiger charge is -2.10. The van der Waals surface area contributed by atoms with E-state index in [0.29, 0.717) is 11.1 Å². The van der Waals surface area contributed by atoms with Gasteiger partial charge in [0, 0.05) is 5.56 Å². The number of carbonyl (C=O) groups excluding carboxylic acids is 1. The summed E-state index contributed by atoms with van der Waals surface area (Å²) in [7, 11) is 0. The van der Waals surface area contributed by atoms with Crippen LogP contribution in [0.2, 0.25) is 0 Å². The second-order valence-corrected chi connectivity index (χ2v) is 4.74. The number of hydrogen-bond acceptors (Lipinski definition) is 1.